The molecule has 2 amide bonds. The van der Waals surface area contributed by atoms with E-state index >= 15 is 0 Å². The second-order valence-electron chi connectivity index (χ2n) is 9.16. The highest BCUT2D eigenvalue weighted by Gasteiger charge is 2.30. The van der Waals surface area contributed by atoms with E-state index in [2.05, 4.69) is 19.2 Å². The largest absolute Gasteiger partial charge is 0.354 e. The summed E-state index contributed by atoms with van der Waals surface area (Å²) in [6.45, 7) is 6.99. The molecule has 3 aromatic carbocycles. The summed E-state index contributed by atoms with van der Waals surface area (Å²) < 4.78 is 0. The molecule has 0 aromatic heterocycles. The van der Waals surface area contributed by atoms with E-state index in [0.29, 0.717) is 30.5 Å². The van der Waals surface area contributed by atoms with Crippen LogP contribution in [0.3, 0.4) is 0 Å². The molecule has 0 aliphatic rings. The zero-order valence-electron chi connectivity index (χ0n) is 20.1. The highest BCUT2D eigenvalue weighted by molar-refractivity contribution is 6.30. The van der Waals surface area contributed by atoms with E-state index < -0.39 is 6.04 Å². The predicted octanol–water partition coefficient (Wildman–Crippen LogP) is 5.60. The van der Waals surface area contributed by atoms with E-state index in [0.717, 1.165) is 22.3 Å². The lowest BCUT2D eigenvalue weighted by Gasteiger charge is -2.32. The number of benzene rings is 3. The summed E-state index contributed by atoms with van der Waals surface area (Å²) in [6.07, 6.45) is 0.661. The summed E-state index contributed by atoms with van der Waals surface area (Å²) in [7, 11) is 0. The van der Waals surface area contributed by atoms with Crippen molar-refractivity contribution in [2.45, 2.75) is 46.2 Å². The Balaban J connectivity index is 1.94. The van der Waals surface area contributed by atoms with Gasteiger partial charge in [0, 0.05) is 24.5 Å². The number of nitrogens with zero attached hydrogens (tertiary/aromatic N) is 1. The second kappa shape index (κ2) is 12.4. The molecule has 0 radical (unpaired) electrons. The van der Waals surface area contributed by atoms with Crippen LogP contribution in [0.15, 0.2) is 78.9 Å². The number of hydrogen-bond donors (Lipinski definition) is 1. The number of halogens is 1. The summed E-state index contributed by atoms with van der Waals surface area (Å²) in [4.78, 5) is 28.8. The molecule has 34 heavy (non-hydrogen) atoms. The van der Waals surface area contributed by atoms with Gasteiger partial charge in [-0.3, -0.25) is 9.59 Å². The standard InChI is InChI=1S/C29H33ClN2O2/c1-21(2)19-31-29(34)27(17-23-8-5-4-6-9-23)32(20-25-10-7-11-26(30)16-25)28(33)18-24-14-12-22(3)13-15-24/h4-16,21,27H,17-20H2,1-3H3,(H,31,34). The summed E-state index contributed by atoms with van der Waals surface area (Å²) in [5.74, 6) is 0.0762. The summed E-state index contributed by atoms with van der Waals surface area (Å²) in [5.41, 5.74) is 3.96. The molecule has 4 nitrogen and oxygen atoms in total. The van der Waals surface area contributed by atoms with Crippen molar-refractivity contribution >= 4 is 23.4 Å². The molecule has 3 rings (SSSR count). The van der Waals surface area contributed by atoms with Gasteiger partial charge in [-0.15, -0.1) is 0 Å². The van der Waals surface area contributed by atoms with Gasteiger partial charge in [0.1, 0.15) is 6.04 Å². The lowest BCUT2D eigenvalue weighted by atomic mass is 10.0. The number of rotatable bonds is 10. The highest BCUT2D eigenvalue weighted by atomic mass is 35.5. The number of nitrogens with one attached hydrogen (secondary N) is 1. The minimum absolute atomic E-state index is 0.0931. The van der Waals surface area contributed by atoms with E-state index in [9.17, 15) is 9.59 Å². The fourth-order valence-electron chi connectivity index (χ4n) is 3.79. The highest BCUT2D eigenvalue weighted by Crippen LogP contribution is 2.19. The van der Waals surface area contributed by atoms with Crippen LogP contribution in [0.4, 0.5) is 0 Å². The number of carbonyl (C=O) groups is 2. The van der Waals surface area contributed by atoms with Crippen molar-refractivity contribution in [1.29, 1.82) is 0 Å². The minimum atomic E-state index is -0.641. The fraction of sp³-hybridized carbons (Fsp3) is 0.310. The van der Waals surface area contributed by atoms with Gasteiger partial charge in [-0.1, -0.05) is 97.7 Å². The molecule has 0 aliphatic carbocycles. The van der Waals surface area contributed by atoms with Crippen molar-refractivity contribution in [3.05, 3.63) is 106 Å². The van der Waals surface area contributed by atoms with Crippen molar-refractivity contribution in [2.24, 2.45) is 5.92 Å². The van der Waals surface area contributed by atoms with Crippen LogP contribution in [0.1, 0.15) is 36.1 Å². The third-order valence-electron chi connectivity index (χ3n) is 5.67. The molecular weight excluding hydrogens is 444 g/mol. The Kier molecular flexibility index (Phi) is 9.29. The molecule has 0 saturated heterocycles. The first-order chi connectivity index (χ1) is 16.3. The van der Waals surface area contributed by atoms with Crippen LogP contribution in [0.5, 0.6) is 0 Å². The Bertz CT molecular complexity index is 1080. The molecule has 178 valence electrons. The molecule has 0 saturated carbocycles. The Labute approximate surface area is 207 Å². The van der Waals surface area contributed by atoms with Gasteiger partial charge >= 0.3 is 0 Å². The fourth-order valence-corrected chi connectivity index (χ4v) is 4.00. The average molecular weight is 477 g/mol. The zero-order valence-corrected chi connectivity index (χ0v) is 20.9. The van der Waals surface area contributed by atoms with Gasteiger partial charge in [0.05, 0.1) is 6.42 Å². The van der Waals surface area contributed by atoms with E-state index in [1.807, 2.05) is 79.7 Å². The molecule has 5 heteroatoms. The Morgan fingerprint density at radius 1 is 0.882 bits per heavy atom. The topological polar surface area (TPSA) is 49.4 Å². The maximum atomic E-state index is 13.7. The Morgan fingerprint density at radius 3 is 2.21 bits per heavy atom. The van der Waals surface area contributed by atoms with E-state index in [-0.39, 0.29) is 18.2 Å². The van der Waals surface area contributed by atoms with Crippen LogP contribution in [0.25, 0.3) is 0 Å². The van der Waals surface area contributed by atoms with Gasteiger partial charge in [-0.05, 0) is 41.7 Å². The summed E-state index contributed by atoms with van der Waals surface area (Å²) >= 11 is 6.23. The number of aryl methyl sites for hydroxylation is 1. The zero-order chi connectivity index (χ0) is 24.5. The molecule has 1 N–H and O–H groups in total. The molecule has 1 unspecified atom stereocenters. The molecule has 3 aromatic rings. The van der Waals surface area contributed by atoms with Gasteiger partial charge < -0.3 is 10.2 Å². The maximum absolute atomic E-state index is 13.7. The first kappa shape index (κ1) is 25.5. The van der Waals surface area contributed by atoms with Gasteiger partial charge in [0.2, 0.25) is 11.8 Å². The lowest BCUT2D eigenvalue weighted by Crippen LogP contribution is -2.51. The molecule has 0 aliphatic heterocycles. The number of carbonyl (C=O) groups excluding carboxylic acids is 2. The first-order valence-electron chi connectivity index (χ1n) is 11.7. The maximum Gasteiger partial charge on any atom is 0.243 e. The number of hydrogen-bond acceptors (Lipinski definition) is 2. The number of amides is 2. The normalized spacial score (nSPS) is 11.8. The van der Waals surface area contributed by atoms with Crippen LogP contribution < -0.4 is 5.32 Å². The van der Waals surface area contributed by atoms with E-state index in [1.54, 1.807) is 11.0 Å². The van der Waals surface area contributed by atoms with Gasteiger partial charge in [-0.2, -0.15) is 0 Å². The lowest BCUT2D eigenvalue weighted by molar-refractivity contribution is -0.140. The minimum Gasteiger partial charge on any atom is -0.354 e. The van der Waals surface area contributed by atoms with Crippen molar-refractivity contribution in [1.82, 2.24) is 10.2 Å². The van der Waals surface area contributed by atoms with Crippen LogP contribution in [-0.2, 0) is 29.0 Å². The van der Waals surface area contributed by atoms with Crippen LogP contribution in [0.2, 0.25) is 5.02 Å². The Morgan fingerprint density at radius 2 is 1.56 bits per heavy atom. The summed E-state index contributed by atoms with van der Waals surface area (Å²) in [5, 5.41) is 3.65. The first-order valence-corrected chi connectivity index (χ1v) is 12.1. The molecule has 0 bridgehead atoms. The molecule has 0 heterocycles. The molecule has 0 spiro atoms. The SMILES string of the molecule is Cc1ccc(CC(=O)N(Cc2cccc(Cl)c2)C(Cc2ccccc2)C(=O)NCC(C)C)cc1. The Hall–Kier alpha value is -3.11. The van der Waals surface area contributed by atoms with Crippen molar-refractivity contribution in [3.63, 3.8) is 0 Å². The third-order valence-corrected chi connectivity index (χ3v) is 5.91. The van der Waals surface area contributed by atoms with Gasteiger partial charge in [0.25, 0.3) is 0 Å². The van der Waals surface area contributed by atoms with Gasteiger partial charge in [-0.25, -0.2) is 0 Å². The van der Waals surface area contributed by atoms with Crippen LogP contribution >= 0.6 is 11.6 Å². The molecular formula is C29H33ClN2O2. The quantitative estimate of drug-likeness (QED) is 0.414. The van der Waals surface area contributed by atoms with Gasteiger partial charge in [0.15, 0.2) is 0 Å². The van der Waals surface area contributed by atoms with Crippen LogP contribution in [0, 0.1) is 12.8 Å². The van der Waals surface area contributed by atoms with E-state index in [1.165, 1.54) is 0 Å². The molecule has 0 fully saturated rings. The predicted molar refractivity (Wildman–Crippen MR) is 139 cm³/mol. The third kappa shape index (κ3) is 7.74. The summed E-state index contributed by atoms with van der Waals surface area (Å²) in [6, 6.07) is 24.6. The van der Waals surface area contributed by atoms with Crippen molar-refractivity contribution in [3.8, 4) is 0 Å². The van der Waals surface area contributed by atoms with Crippen molar-refractivity contribution in [2.75, 3.05) is 6.54 Å². The van der Waals surface area contributed by atoms with E-state index in [4.69, 9.17) is 11.6 Å². The smallest absolute Gasteiger partial charge is 0.243 e. The molecule has 1 atom stereocenters. The second-order valence-corrected chi connectivity index (χ2v) is 9.59. The average Bonchev–Trinajstić information content (AvgIpc) is 2.82. The van der Waals surface area contributed by atoms with Crippen LogP contribution in [-0.4, -0.2) is 29.3 Å². The monoisotopic (exact) mass is 476 g/mol. The van der Waals surface area contributed by atoms with Crippen molar-refractivity contribution < 1.29 is 9.59 Å².